The lowest BCUT2D eigenvalue weighted by atomic mass is 10.2. The fourth-order valence-electron chi connectivity index (χ4n) is 1.61. The molecule has 0 fully saturated rings. The topological polar surface area (TPSA) is 29.5 Å². The lowest BCUT2D eigenvalue weighted by molar-refractivity contribution is 0.109. The molecule has 0 unspecified atom stereocenters. The molecular formula is C16H15BrO2S. The minimum absolute atomic E-state index is 0.111. The van der Waals surface area contributed by atoms with E-state index >= 15 is 0 Å². The zero-order valence-corrected chi connectivity index (χ0v) is 13.3. The zero-order chi connectivity index (χ0) is 14.2. The molecule has 0 bridgehead atoms. The number of aliphatic hydroxyl groups is 1. The maximum absolute atomic E-state index is 8.67. The fraction of sp³-hybridized carbons (Fsp3) is 0.250. The van der Waals surface area contributed by atoms with E-state index in [1.165, 1.54) is 0 Å². The van der Waals surface area contributed by atoms with E-state index < -0.39 is 0 Å². The summed E-state index contributed by atoms with van der Waals surface area (Å²) in [7, 11) is 0. The van der Waals surface area contributed by atoms with Gasteiger partial charge in [-0.1, -0.05) is 46.0 Å². The van der Waals surface area contributed by atoms with Crippen LogP contribution < -0.4 is 0 Å². The summed E-state index contributed by atoms with van der Waals surface area (Å²) in [5.41, 5.74) is 1.15. The third-order valence-corrected chi connectivity index (χ3v) is 4.32. The van der Waals surface area contributed by atoms with Gasteiger partial charge in [0.2, 0.25) is 0 Å². The van der Waals surface area contributed by atoms with Crippen molar-refractivity contribution in [3.05, 3.63) is 56.2 Å². The van der Waals surface area contributed by atoms with Crippen LogP contribution in [-0.4, -0.2) is 11.7 Å². The van der Waals surface area contributed by atoms with Crippen molar-refractivity contribution in [2.45, 2.75) is 19.6 Å². The smallest absolute Gasteiger partial charge is 0.0814 e. The molecule has 0 saturated carbocycles. The predicted molar refractivity (Wildman–Crippen MR) is 85.5 cm³/mol. The van der Waals surface area contributed by atoms with Crippen LogP contribution in [0.15, 0.2) is 40.9 Å². The van der Waals surface area contributed by atoms with E-state index in [1.807, 2.05) is 36.4 Å². The fourth-order valence-corrected chi connectivity index (χ4v) is 2.82. The highest BCUT2D eigenvalue weighted by Gasteiger charge is 2.01. The van der Waals surface area contributed by atoms with Gasteiger partial charge in [-0.2, -0.15) is 0 Å². The molecule has 20 heavy (non-hydrogen) atoms. The molecule has 104 valence electrons. The average Bonchev–Trinajstić information content (AvgIpc) is 2.89. The molecule has 2 aromatic rings. The Hall–Kier alpha value is -1.12. The minimum Gasteiger partial charge on any atom is -0.395 e. The second kappa shape index (κ2) is 8.23. The second-order valence-corrected chi connectivity index (χ2v) is 6.15. The van der Waals surface area contributed by atoms with E-state index in [4.69, 9.17) is 9.84 Å². The summed E-state index contributed by atoms with van der Waals surface area (Å²) in [6.45, 7) is 1.29. The van der Waals surface area contributed by atoms with Crippen LogP contribution in [0.1, 0.15) is 21.7 Å². The number of halogens is 1. The highest BCUT2D eigenvalue weighted by Crippen LogP contribution is 2.19. The molecule has 0 atom stereocenters. The highest BCUT2D eigenvalue weighted by atomic mass is 79.9. The third-order valence-electron chi connectivity index (χ3n) is 2.57. The molecule has 0 spiro atoms. The number of aliphatic hydroxyl groups excluding tert-OH is 1. The molecule has 0 aliphatic heterocycles. The van der Waals surface area contributed by atoms with Gasteiger partial charge in [0.25, 0.3) is 0 Å². The van der Waals surface area contributed by atoms with E-state index in [0.29, 0.717) is 19.6 Å². The summed E-state index contributed by atoms with van der Waals surface area (Å²) < 4.78 is 6.79. The monoisotopic (exact) mass is 350 g/mol. The summed E-state index contributed by atoms with van der Waals surface area (Å²) >= 11 is 5.14. The van der Waals surface area contributed by atoms with Gasteiger partial charge in [0.05, 0.1) is 24.7 Å². The first-order chi connectivity index (χ1) is 9.79. The molecule has 0 radical (unpaired) electrons. The van der Waals surface area contributed by atoms with E-state index in [-0.39, 0.29) is 6.61 Å². The van der Waals surface area contributed by atoms with Crippen LogP contribution in [0.4, 0.5) is 0 Å². The SMILES string of the molecule is OCCC#Cc1ccc(COCc2ccccc2Br)s1. The van der Waals surface area contributed by atoms with Gasteiger partial charge < -0.3 is 9.84 Å². The van der Waals surface area contributed by atoms with Crippen LogP contribution >= 0.6 is 27.3 Å². The largest absolute Gasteiger partial charge is 0.395 e. The van der Waals surface area contributed by atoms with Crippen LogP contribution in [0.2, 0.25) is 0 Å². The summed E-state index contributed by atoms with van der Waals surface area (Å²) in [6.07, 6.45) is 0.520. The number of hydrogen-bond acceptors (Lipinski definition) is 3. The van der Waals surface area contributed by atoms with E-state index in [9.17, 15) is 0 Å². The van der Waals surface area contributed by atoms with Crippen LogP contribution in [0.5, 0.6) is 0 Å². The first-order valence-corrected chi connectivity index (χ1v) is 7.90. The standard InChI is InChI=1S/C16H15BrO2S/c17-16-7-2-1-5-13(16)11-19-12-15-9-8-14(20-15)6-3-4-10-18/h1-2,5,7-9,18H,4,10-12H2. The molecule has 2 rings (SSSR count). The summed E-state index contributed by atoms with van der Waals surface area (Å²) in [5.74, 6) is 5.95. The molecule has 1 aromatic carbocycles. The second-order valence-electron chi connectivity index (χ2n) is 4.13. The van der Waals surface area contributed by atoms with Crippen LogP contribution in [-0.2, 0) is 18.0 Å². The van der Waals surface area contributed by atoms with Gasteiger partial charge in [-0.25, -0.2) is 0 Å². The summed E-state index contributed by atoms with van der Waals surface area (Å²) in [6, 6.07) is 12.1. The Morgan fingerprint density at radius 3 is 2.80 bits per heavy atom. The number of rotatable bonds is 5. The molecule has 0 saturated heterocycles. The number of hydrogen-bond donors (Lipinski definition) is 1. The van der Waals surface area contributed by atoms with Crippen LogP contribution in [0.3, 0.4) is 0 Å². The molecule has 1 aromatic heterocycles. The van der Waals surface area contributed by atoms with E-state index in [0.717, 1.165) is 19.8 Å². The van der Waals surface area contributed by atoms with Crippen LogP contribution in [0.25, 0.3) is 0 Å². The quantitative estimate of drug-likeness (QED) is 0.827. The van der Waals surface area contributed by atoms with Gasteiger partial charge in [-0.05, 0) is 23.8 Å². The van der Waals surface area contributed by atoms with E-state index in [2.05, 4.69) is 27.8 Å². The molecule has 1 heterocycles. The van der Waals surface area contributed by atoms with Crippen molar-refractivity contribution in [2.75, 3.05) is 6.61 Å². The Bertz CT molecular complexity index is 610. The van der Waals surface area contributed by atoms with Gasteiger partial charge in [-0.3, -0.25) is 0 Å². The third kappa shape index (κ3) is 4.77. The molecule has 0 aliphatic carbocycles. The Labute approximate surface area is 131 Å². The van der Waals surface area contributed by atoms with Crippen molar-refractivity contribution in [1.82, 2.24) is 0 Å². The number of benzene rings is 1. The van der Waals surface area contributed by atoms with Gasteiger partial charge in [0.1, 0.15) is 0 Å². The maximum Gasteiger partial charge on any atom is 0.0814 e. The molecule has 0 aliphatic rings. The van der Waals surface area contributed by atoms with E-state index in [1.54, 1.807) is 11.3 Å². The molecular weight excluding hydrogens is 336 g/mol. The lowest BCUT2D eigenvalue weighted by Gasteiger charge is -2.04. The Kier molecular flexibility index (Phi) is 6.28. The van der Waals surface area contributed by atoms with Crippen molar-refractivity contribution < 1.29 is 9.84 Å². The highest BCUT2D eigenvalue weighted by molar-refractivity contribution is 9.10. The van der Waals surface area contributed by atoms with Crippen molar-refractivity contribution in [3.8, 4) is 11.8 Å². The predicted octanol–water partition coefficient (Wildman–Crippen LogP) is 3.96. The lowest BCUT2D eigenvalue weighted by Crippen LogP contribution is -1.93. The molecule has 1 N–H and O–H groups in total. The Balaban J connectivity index is 1.83. The number of thiophene rings is 1. The van der Waals surface area contributed by atoms with Crippen molar-refractivity contribution in [3.63, 3.8) is 0 Å². The average molecular weight is 351 g/mol. The van der Waals surface area contributed by atoms with Gasteiger partial charge in [-0.15, -0.1) is 11.3 Å². The minimum atomic E-state index is 0.111. The van der Waals surface area contributed by atoms with Crippen molar-refractivity contribution in [1.29, 1.82) is 0 Å². The van der Waals surface area contributed by atoms with Gasteiger partial charge >= 0.3 is 0 Å². The first-order valence-electron chi connectivity index (χ1n) is 6.29. The Morgan fingerprint density at radius 2 is 2.00 bits per heavy atom. The van der Waals surface area contributed by atoms with Crippen molar-refractivity contribution >= 4 is 27.3 Å². The molecule has 2 nitrogen and oxygen atoms in total. The first kappa shape index (κ1) is 15.3. The normalized spacial score (nSPS) is 10.1. The van der Waals surface area contributed by atoms with Crippen molar-refractivity contribution in [2.24, 2.45) is 0 Å². The van der Waals surface area contributed by atoms with Gasteiger partial charge in [0.15, 0.2) is 0 Å². The number of ether oxygens (including phenoxy) is 1. The molecule has 0 amide bonds. The van der Waals surface area contributed by atoms with Gasteiger partial charge in [0, 0.05) is 15.8 Å². The van der Waals surface area contributed by atoms with Crippen LogP contribution in [0, 0.1) is 11.8 Å². The molecule has 4 heteroatoms. The summed E-state index contributed by atoms with van der Waals surface area (Å²) in [4.78, 5) is 2.17. The Morgan fingerprint density at radius 1 is 1.15 bits per heavy atom. The summed E-state index contributed by atoms with van der Waals surface area (Å²) in [5, 5.41) is 8.67. The maximum atomic E-state index is 8.67. The zero-order valence-electron chi connectivity index (χ0n) is 10.9.